The van der Waals surface area contributed by atoms with Crippen LogP contribution in [0.5, 0.6) is 0 Å². The highest BCUT2D eigenvalue weighted by Crippen LogP contribution is 2.33. The van der Waals surface area contributed by atoms with Gasteiger partial charge in [0, 0.05) is 16.9 Å². The molecule has 0 aliphatic rings. The molecule has 0 aliphatic carbocycles. The highest BCUT2D eigenvalue weighted by atomic mass is 79.9. The molecule has 20 heavy (non-hydrogen) atoms. The molecule has 2 aromatic heterocycles. The van der Waals surface area contributed by atoms with E-state index in [2.05, 4.69) is 72.4 Å². The molecule has 0 amide bonds. The first-order valence-corrected chi connectivity index (χ1v) is 8.10. The van der Waals surface area contributed by atoms with Crippen LogP contribution in [-0.2, 0) is 12.8 Å². The molecule has 102 valence electrons. The van der Waals surface area contributed by atoms with Gasteiger partial charge in [0.05, 0.1) is 15.8 Å². The lowest BCUT2D eigenvalue weighted by atomic mass is 10.1. The number of hydrogen-bond donors (Lipinski definition) is 0. The molecule has 1 aromatic carbocycles. The van der Waals surface area contributed by atoms with Crippen LogP contribution in [0.15, 0.2) is 51.8 Å². The van der Waals surface area contributed by atoms with Crippen molar-refractivity contribution < 1.29 is 0 Å². The van der Waals surface area contributed by atoms with E-state index < -0.39 is 0 Å². The Morgan fingerprint density at radius 2 is 1.85 bits per heavy atom. The van der Waals surface area contributed by atoms with Gasteiger partial charge in [-0.25, -0.2) is 0 Å². The van der Waals surface area contributed by atoms with Gasteiger partial charge >= 0.3 is 0 Å². The molecule has 2 heterocycles. The van der Waals surface area contributed by atoms with Crippen LogP contribution >= 0.6 is 31.9 Å². The Bertz CT molecular complexity index is 748. The van der Waals surface area contributed by atoms with Gasteiger partial charge in [0.25, 0.3) is 0 Å². The van der Waals surface area contributed by atoms with Gasteiger partial charge < -0.3 is 4.40 Å². The molecule has 0 fully saturated rings. The van der Waals surface area contributed by atoms with Crippen molar-refractivity contribution in [2.24, 2.45) is 0 Å². The third-order valence-corrected chi connectivity index (χ3v) is 5.46. The molecule has 0 aliphatic heterocycles. The summed E-state index contributed by atoms with van der Waals surface area (Å²) in [5.74, 6) is 0. The predicted molar refractivity (Wildman–Crippen MR) is 89.2 cm³/mol. The molecule has 0 spiro atoms. The van der Waals surface area contributed by atoms with Crippen molar-refractivity contribution in [3.8, 4) is 0 Å². The normalized spacial score (nSPS) is 11.2. The fourth-order valence-corrected chi connectivity index (χ4v) is 3.77. The molecule has 2 nitrogen and oxygen atoms in total. The molecule has 0 bridgehead atoms. The lowest BCUT2D eigenvalue weighted by molar-refractivity contribution is 0.904. The molecule has 0 unspecified atom stereocenters. The number of fused-ring (bicyclic) bond motifs is 1. The lowest BCUT2D eigenvalue weighted by Gasteiger charge is -2.05. The Morgan fingerprint density at radius 1 is 1.10 bits per heavy atom. The topological polar surface area (TPSA) is 17.3 Å². The summed E-state index contributed by atoms with van der Waals surface area (Å²) in [6.07, 6.45) is 5.79. The van der Waals surface area contributed by atoms with Crippen LogP contribution < -0.4 is 0 Å². The van der Waals surface area contributed by atoms with E-state index in [1.807, 2.05) is 18.5 Å². The smallest absolute Gasteiger partial charge is 0.0934 e. The van der Waals surface area contributed by atoms with E-state index in [0.29, 0.717) is 0 Å². The summed E-state index contributed by atoms with van der Waals surface area (Å²) in [6, 6.07) is 10.5. The van der Waals surface area contributed by atoms with Crippen LogP contribution in [-0.4, -0.2) is 9.38 Å². The van der Waals surface area contributed by atoms with E-state index in [1.54, 1.807) is 0 Å². The molecule has 3 rings (SSSR count). The molecule has 3 aromatic rings. The van der Waals surface area contributed by atoms with E-state index >= 15 is 0 Å². The average Bonchev–Trinajstić information content (AvgIpc) is 2.72. The number of hydrogen-bond acceptors (Lipinski definition) is 1. The van der Waals surface area contributed by atoms with Crippen LogP contribution in [0.3, 0.4) is 0 Å². The Kier molecular flexibility index (Phi) is 3.94. The second kappa shape index (κ2) is 5.70. The van der Waals surface area contributed by atoms with Crippen LogP contribution in [0.25, 0.3) is 5.52 Å². The summed E-state index contributed by atoms with van der Waals surface area (Å²) < 4.78 is 4.36. The SMILES string of the molecule is Cc1c(Br)c2c(CCc3ccccc3)nccn2c1Br. The molecule has 0 atom stereocenters. The zero-order chi connectivity index (χ0) is 14.1. The largest absolute Gasteiger partial charge is 0.307 e. The first-order chi connectivity index (χ1) is 9.68. The zero-order valence-electron chi connectivity index (χ0n) is 11.1. The molecular weight excluding hydrogens is 380 g/mol. The van der Waals surface area contributed by atoms with E-state index in [1.165, 1.54) is 11.1 Å². The molecule has 4 heteroatoms. The minimum absolute atomic E-state index is 0.933. The van der Waals surface area contributed by atoms with Gasteiger partial charge in [-0.15, -0.1) is 0 Å². The summed E-state index contributed by atoms with van der Waals surface area (Å²) in [5, 5.41) is 0. The molecule has 0 N–H and O–H groups in total. The third kappa shape index (κ3) is 2.42. The maximum absolute atomic E-state index is 4.57. The fourth-order valence-electron chi connectivity index (χ4n) is 2.40. The number of rotatable bonds is 3. The maximum Gasteiger partial charge on any atom is 0.0934 e. The Hall–Kier alpha value is -1.13. The van der Waals surface area contributed by atoms with Gasteiger partial charge in [0.15, 0.2) is 0 Å². The monoisotopic (exact) mass is 392 g/mol. The summed E-state index contributed by atoms with van der Waals surface area (Å²) in [6.45, 7) is 2.10. The molecule has 0 saturated heterocycles. The predicted octanol–water partition coefficient (Wildman–Crippen LogP) is 4.95. The van der Waals surface area contributed by atoms with Gasteiger partial charge in [-0.05, 0) is 62.8 Å². The Balaban J connectivity index is 1.98. The summed E-state index contributed by atoms with van der Waals surface area (Å²) in [5.41, 5.74) is 4.83. The molecule has 0 radical (unpaired) electrons. The van der Waals surface area contributed by atoms with E-state index in [4.69, 9.17) is 0 Å². The second-order valence-electron chi connectivity index (χ2n) is 4.81. The van der Waals surface area contributed by atoms with Crippen molar-refractivity contribution in [1.82, 2.24) is 9.38 Å². The Morgan fingerprint density at radius 3 is 2.60 bits per heavy atom. The van der Waals surface area contributed by atoms with Crippen molar-refractivity contribution >= 4 is 37.4 Å². The van der Waals surface area contributed by atoms with Gasteiger partial charge in [-0.1, -0.05) is 30.3 Å². The maximum atomic E-state index is 4.57. The Labute approximate surface area is 135 Å². The van der Waals surface area contributed by atoms with E-state index in [-0.39, 0.29) is 0 Å². The van der Waals surface area contributed by atoms with Gasteiger partial charge in [0.1, 0.15) is 0 Å². The number of nitrogens with zero attached hydrogens (tertiary/aromatic N) is 2. The average molecular weight is 394 g/mol. The fraction of sp³-hybridized carbons (Fsp3) is 0.188. The van der Waals surface area contributed by atoms with Crippen molar-refractivity contribution in [3.63, 3.8) is 0 Å². The highest BCUT2D eigenvalue weighted by Gasteiger charge is 2.14. The number of aromatic nitrogens is 2. The zero-order valence-corrected chi connectivity index (χ0v) is 14.3. The van der Waals surface area contributed by atoms with Crippen molar-refractivity contribution in [2.75, 3.05) is 0 Å². The van der Waals surface area contributed by atoms with Crippen molar-refractivity contribution in [1.29, 1.82) is 0 Å². The van der Waals surface area contributed by atoms with Crippen molar-refractivity contribution in [2.45, 2.75) is 19.8 Å². The van der Waals surface area contributed by atoms with Gasteiger partial charge in [-0.3, -0.25) is 4.98 Å². The summed E-state index contributed by atoms with van der Waals surface area (Å²) in [4.78, 5) is 4.57. The minimum atomic E-state index is 0.933. The second-order valence-corrected chi connectivity index (χ2v) is 6.35. The summed E-state index contributed by atoms with van der Waals surface area (Å²) in [7, 11) is 0. The van der Waals surface area contributed by atoms with Crippen molar-refractivity contribution in [3.05, 3.63) is 68.6 Å². The number of aryl methyl sites for hydroxylation is 2. The summed E-state index contributed by atoms with van der Waals surface area (Å²) >= 11 is 7.32. The quantitative estimate of drug-likeness (QED) is 0.615. The molecular formula is C16H14Br2N2. The first-order valence-electron chi connectivity index (χ1n) is 6.52. The molecule has 0 saturated carbocycles. The van der Waals surface area contributed by atoms with Gasteiger partial charge in [-0.2, -0.15) is 0 Å². The lowest BCUT2D eigenvalue weighted by Crippen LogP contribution is -1.98. The van der Waals surface area contributed by atoms with Crippen LogP contribution in [0.1, 0.15) is 16.8 Å². The minimum Gasteiger partial charge on any atom is -0.307 e. The third-order valence-electron chi connectivity index (χ3n) is 3.51. The number of halogens is 2. The van der Waals surface area contributed by atoms with E-state index in [9.17, 15) is 0 Å². The van der Waals surface area contributed by atoms with Gasteiger partial charge in [0.2, 0.25) is 0 Å². The van der Waals surface area contributed by atoms with Crippen LogP contribution in [0.2, 0.25) is 0 Å². The van der Waals surface area contributed by atoms with Crippen LogP contribution in [0.4, 0.5) is 0 Å². The van der Waals surface area contributed by atoms with E-state index in [0.717, 1.165) is 33.1 Å². The van der Waals surface area contributed by atoms with Crippen LogP contribution in [0, 0.1) is 6.92 Å². The highest BCUT2D eigenvalue weighted by molar-refractivity contribution is 9.11. The number of benzene rings is 1. The first kappa shape index (κ1) is 13.8. The standard InChI is InChI=1S/C16H14Br2N2/c1-11-14(17)15-13(19-9-10-20(15)16(11)18)8-7-12-5-3-2-4-6-12/h2-6,9-10H,7-8H2,1H3.